The van der Waals surface area contributed by atoms with E-state index < -0.39 is 45.1 Å². The van der Waals surface area contributed by atoms with Gasteiger partial charge in [0, 0.05) is 5.41 Å². The topological polar surface area (TPSA) is 129 Å². The lowest BCUT2D eigenvalue weighted by Crippen LogP contribution is -2.55. The Bertz CT molecular complexity index is 750. The lowest BCUT2D eigenvalue weighted by atomic mass is 9.93. The van der Waals surface area contributed by atoms with Gasteiger partial charge in [0.2, 0.25) is 11.8 Å². The van der Waals surface area contributed by atoms with Crippen LogP contribution in [0.4, 0.5) is 0 Å². The van der Waals surface area contributed by atoms with Crippen molar-refractivity contribution in [2.24, 2.45) is 5.41 Å². The molecule has 0 saturated carbocycles. The number of carbonyl (C=O) groups excluding carboxylic acids is 2. The van der Waals surface area contributed by atoms with Crippen LogP contribution in [0.15, 0.2) is 30.3 Å². The average molecular weight is 371 g/mol. The third-order valence-corrected chi connectivity index (χ3v) is 4.03. The van der Waals surface area contributed by atoms with E-state index in [0.29, 0.717) is 10.5 Å². The Labute approximate surface area is 146 Å². The lowest BCUT2D eigenvalue weighted by molar-refractivity contribution is -0.160. The summed E-state index contributed by atoms with van der Waals surface area (Å²) in [5.74, 6) is -4.67. The second-order valence-corrected chi connectivity index (χ2v) is 8.08. The fourth-order valence-electron chi connectivity index (χ4n) is 2.10. The molecule has 1 atom stereocenters. The van der Waals surface area contributed by atoms with Gasteiger partial charge in [-0.3, -0.25) is 19.0 Å². The zero-order valence-electron chi connectivity index (χ0n) is 14.2. The minimum absolute atomic E-state index is 0.280. The Hall–Kier alpha value is -2.26. The number of nitrogens with zero attached hydrogens (tertiary/aromatic N) is 1. The molecule has 9 heteroatoms. The Morgan fingerprint density at radius 2 is 1.64 bits per heavy atom. The SMILES string of the molecule is CC(C)(C)C(=O)N(C(=O)Cc1ccccc1)[C@@H](CS(=O)(=O)O)C(=O)O. The summed E-state index contributed by atoms with van der Waals surface area (Å²) in [4.78, 5) is 37.1. The molecule has 0 aliphatic carbocycles. The van der Waals surface area contributed by atoms with Crippen LogP contribution in [0.1, 0.15) is 26.3 Å². The number of rotatable bonds is 6. The lowest BCUT2D eigenvalue weighted by Gasteiger charge is -2.32. The first kappa shape index (κ1) is 20.8. The molecule has 0 heterocycles. The van der Waals surface area contributed by atoms with Gasteiger partial charge in [0.1, 0.15) is 5.75 Å². The van der Waals surface area contributed by atoms with Crippen LogP contribution in [-0.2, 0) is 30.9 Å². The predicted molar refractivity (Wildman–Crippen MR) is 89.3 cm³/mol. The molecule has 0 aliphatic heterocycles. The standard InChI is InChI=1S/C16H21NO7S/c1-16(2,3)15(21)17(12(14(19)20)10-25(22,23)24)13(18)9-11-7-5-4-6-8-11/h4-8,12H,9-10H2,1-3H3,(H,19,20)(H,22,23,24)/t12-/m0/s1. The summed E-state index contributed by atoms with van der Waals surface area (Å²) in [7, 11) is -4.73. The van der Waals surface area contributed by atoms with Gasteiger partial charge in [-0.2, -0.15) is 8.42 Å². The zero-order chi connectivity index (χ0) is 19.4. The maximum Gasteiger partial charge on any atom is 0.328 e. The third kappa shape index (κ3) is 6.28. The quantitative estimate of drug-likeness (QED) is 0.713. The molecule has 138 valence electrons. The Balaban J connectivity index is 3.29. The average Bonchev–Trinajstić information content (AvgIpc) is 2.45. The minimum Gasteiger partial charge on any atom is -0.480 e. The van der Waals surface area contributed by atoms with E-state index in [9.17, 15) is 27.9 Å². The first-order valence-corrected chi connectivity index (χ1v) is 9.02. The van der Waals surface area contributed by atoms with Gasteiger partial charge in [-0.15, -0.1) is 0 Å². The van der Waals surface area contributed by atoms with Crippen LogP contribution in [0.3, 0.4) is 0 Å². The smallest absolute Gasteiger partial charge is 0.328 e. The number of hydrogen-bond donors (Lipinski definition) is 2. The van der Waals surface area contributed by atoms with E-state index in [-0.39, 0.29) is 6.42 Å². The van der Waals surface area contributed by atoms with Crippen molar-refractivity contribution in [3.8, 4) is 0 Å². The molecule has 0 radical (unpaired) electrons. The van der Waals surface area contributed by atoms with Crippen LogP contribution in [0.2, 0.25) is 0 Å². The summed E-state index contributed by atoms with van der Waals surface area (Å²) in [5, 5.41) is 9.31. The van der Waals surface area contributed by atoms with Gasteiger partial charge in [0.05, 0.1) is 6.42 Å². The molecule has 1 rings (SSSR count). The largest absolute Gasteiger partial charge is 0.480 e. The van der Waals surface area contributed by atoms with E-state index in [0.717, 1.165) is 0 Å². The van der Waals surface area contributed by atoms with Crippen molar-refractivity contribution >= 4 is 27.9 Å². The molecule has 25 heavy (non-hydrogen) atoms. The van der Waals surface area contributed by atoms with Gasteiger partial charge in [-0.25, -0.2) is 4.79 Å². The van der Waals surface area contributed by atoms with Crippen molar-refractivity contribution in [3.63, 3.8) is 0 Å². The molecular weight excluding hydrogens is 350 g/mol. The van der Waals surface area contributed by atoms with Crippen LogP contribution in [0.25, 0.3) is 0 Å². The van der Waals surface area contributed by atoms with Crippen molar-refractivity contribution in [1.82, 2.24) is 4.90 Å². The Morgan fingerprint density at radius 3 is 2.04 bits per heavy atom. The van der Waals surface area contributed by atoms with Gasteiger partial charge in [0.15, 0.2) is 6.04 Å². The summed E-state index contributed by atoms with van der Waals surface area (Å²) in [6.07, 6.45) is -0.280. The summed E-state index contributed by atoms with van der Waals surface area (Å²) in [6.45, 7) is 4.43. The van der Waals surface area contributed by atoms with E-state index in [2.05, 4.69) is 0 Å². The molecule has 0 aromatic heterocycles. The number of carboxylic acid groups (broad SMARTS) is 1. The third-order valence-electron chi connectivity index (χ3n) is 3.29. The number of carboxylic acids is 1. The van der Waals surface area contributed by atoms with Gasteiger partial charge < -0.3 is 5.11 Å². The van der Waals surface area contributed by atoms with Crippen molar-refractivity contribution in [3.05, 3.63) is 35.9 Å². The van der Waals surface area contributed by atoms with Crippen LogP contribution >= 0.6 is 0 Å². The number of benzene rings is 1. The highest BCUT2D eigenvalue weighted by Crippen LogP contribution is 2.21. The summed E-state index contributed by atoms with van der Waals surface area (Å²) in [5.41, 5.74) is -0.589. The van der Waals surface area contributed by atoms with Gasteiger partial charge in [-0.1, -0.05) is 51.1 Å². The normalized spacial score (nSPS) is 13.1. The van der Waals surface area contributed by atoms with E-state index in [1.165, 1.54) is 20.8 Å². The van der Waals surface area contributed by atoms with E-state index in [4.69, 9.17) is 4.55 Å². The molecule has 2 amide bonds. The fraction of sp³-hybridized carbons (Fsp3) is 0.438. The van der Waals surface area contributed by atoms with Crippen molar-refractivity contribution in [1.29, 1.82) is 0 Å². The molecule has 0 unspecified atom stereocenters. The van der Waals surface area contributed by atoms with Crippen LogP contribution < -0.4 is 0 Å². The van der Waals surface area contributed by atoms with Crippen molar-refractivity contribution in [2.75, 3.05) is 5.75 Å². The first-order chi connectivity index (χ1) is 11.3. The van der Waals surface area contributed by atoms with E-state index in [1.807, 2.05) is 0 Å². The van der Waals surface area contributed by atoms with Crippen LogP contribution in [0.5, 0.6) is 0 Å². The Morgan fingerprint density at radius 1 is 1.12 bits per heavy atom. The van der Waals surface area contributed by atoms with Gasteiger partial charge >= 0.3 is 5.97 Å². The highest BCUT2D eigenvalue weighted by molar-refractivity contribution is 7.85. The summed E-state index contributed by atoms with van der Waals surface area (Å²) >= 11 is 0. The monoisotopic (exact) mass is 371 g/mol. The molecule has 0 saturated heterocycles. The number of imide groups is 1. The maximum atomic E-state index is 12.6. The second-order valence-electron chi connectivity index (χ2n) is 6.58. The van der Waals surface area contributed by atoms with Crippen LogP contribution in [0, 0.1) is 5.41 Å². The molecule has 0 aliphatic rings. The number of aliphatic carboxylic acids is 1. The maximum absolute atomic E-state index is 12.6. The minimum atomic E-state index is -4.73. The molecule has 8 nitrogen and oxygen atoms in total. The predicted octanol–water partition coefficient (Wildman–Crippen LogP) is 0.971. The zero-order valence-corrected chi connectivity index (χ0v) is 15.0. The molecule has 0 spiro atoms. The number of carbonyl (C=O) groups is 3. The Kier molecular flexibility index (Phi) is 6.44. The summed E-state index contributed by atoms with van der Waals surface area (Å²) in [6, 6.07) is 6.30. The van der Waals surface area contributed by atoms with Crippen molar-refractivity contribution < 1.29 is 32.5 Å². The van der Waals surface area contributed by atoms with Gasteiger partial charge in [-0.05, 0) is 5.56 Å². The number of hydrogen-bond acceptors (Lipinski definition) is 5. The second kappa shape index (κ2) is 7.75. The van der Waals surface area contributed by atoms with E-state index in [1.54, 1.807) is 30.3 Å². The molecule has 0 fully saturated rings. The number of amides is 2. The highest BCUT2D eigenvalue weighted by Gasteiger charge is 2.41. The van der Waals surface area contributed by atoms with E-state index >= 15 is 0 Å². The van der Waals surface area contributed by atoms with Crippen molar-refractivity contribution in [2.45, 2.75) is 33.2 Å². The van der Waals surface area contributed by atoms with Crippen LogP contribution in [-0.4, -0.2) is 52.6 Å². The molecule has 2 N–H and O–H groups in total. The highest BCUT2D eigenvalue weighted by atomic mass is 32.2. The summed E-state index contributed by atoms with van der Waals surface area (Å²) < 4.78 is 31.3. The molecular formula is C16H21NO7S. The molecule has 0 bridgehead atoms. The first-order valence-electron chi connectivity index (χ1n) is 7.41. The molecule has 1 aromatic rings. The molecule has 1 aromatic carbocycles. The van der Waals surface area contributed by atoms with Gasteiger partial charge in [0.25, 0.3) is 10.1 Å². The fourth-order valence-corrected chi connectivity index (χ4v) is 2.79.